The van der Waals surface area contributed by atoms with Crippen molar-refractivity contribution in [3.63, 3.8) is 0 Å². The molecule has 1 aromatic carbocycles. The minimum atomic E-state index is -1.60. The van der Waals surface area contributed by atoms with Crippen molar-refractivity contribution in [2.75, 3.05) is 6.54 Å². The molecule has 2 unspecified atom stereocenters. The summed E-state index contributed by atoms with van der Waals surface area (Å²) in [6, 6.07) is 9.29. The van der Waals surface area contributed by atoms with Crippen LogP contribution in [0.2, 0.25) is 0 Å². The Balaban J connectivity index is 1.97. The van der Waals surface area contributed by atoms with Crippen molar-refractivity contribution in [2.24, 2.45) is 11.7 Å². The maximum atomic E-state index is 12.9. The molecule has 1 aliphatic rings. The molecule has 1 amide bonds. The fraction of sp³-hybridized carbons (Fsp3) is 0.652. The molecule has 0 heterocycles. The molecule has 0 aliphatic heterocycles. The van der Waals surface area contributed by atoms with E-state index in [1.165, 1.54) is 6.42 Å². The molecular weight excluding hydrogens is 384 g/mol. The summed E-state index contributed by atoms with van der Waals surface area (Å²) >= 11 is 0. The number of nitrogens with one attached hydrogen (secondary N) is 1. The summed E-state index contributed by atoms with van der Waals surface area (Å²) < 4.78 is 10.7. The van der Waals surface area contributed by atoms with Crippen LogP contribution in [-0.2, 0) is 20.9 Å². The van der Waals surface area contributed by atoms with Crippen LogP contribution in [0, 0.1) is 5.92 Å². The van der Waals surface area contributed by atoms with Crippen LogP contribution in [0.4, 0.5) is 4.79 Å². The van der Waals surface area contributed by atoms with Gasteiger partial charge in [-0.2, -0.15) is 0 Å². The summed E-state index contributed by atoms with van der Waals surface area (Å²) in [6.45, 7) is 5.20. The van der Waals surface area contributed by atoms with Crippen LogP contribution < -0.4 is 11.1 Å². The van der Waals surface area contributed by atoms with Gasteiger partial charge in [0, 0.05) is 6.54 Å². The summed E-state index contributed by atoms with van der Waals surface area (Å²) in [6.07, 6.45) is 3.66. The minimum absolute atomic E-state index is 0.116. The smallest absolute Gasteiger partial charge is 0.407 e. The number of rotatable bonds is 8. The fourth-order valence-electron chi connectivity index (χ4n) is 3.73. The second kappa shape index (κ2) is 10.8. The molecule has 0 bridgehead atoms. The van der Waals surface area contributed by atoms with Crippen LogP contribution >= 0.6 is 0 Å². The van der Waals surface area contributed by atoms with E-state index in [0.717, 1.165) is 31.2 Å². The summed E-state index contributed by atoms with van der Waals surface area (Å²) in [4.78, 5) is 24.9. The summed E-state index contributed by atoms with van der Waals surface area (Å²) in [5, 5.41) is 13.3. The van der Waals surface area contributed by atoms with Crippen LogP contribution in [0.1, 0.15) is 64.9 Å². The lowest BCUT2D eigenvalue weighted by molar-refractivity contribution is -0.167. The molecule has 0 aromatic heterocycles. The van der Waals surface area contributed by atoms with E-state index in [9.17, 15) is 14.7 Å². The Morgan fingerprint density at radius 1 is 1.17 bits per heavy atom. The van der Waals surface area contributed by atoms with E-state index in [2.05, 4.69) is 5.32 Å². The zero-order valence-corrected chi connectivity index (χ0v) is 18.4. The van der Waals surface area contributed by atoms with Gasteiger partial charge in [0.1, 0.15) is 23.9 Å². The highest BCUT2D eigenvalue weighted by atomic mass is 16.6. The van der Waals surface area contributed by atoms with E-state index in [-0.39, 0.29) is 19.1 Å². The van der Waals surface area contributed by atoms with E-state index in [1.54, 1.807) is 20.8 Å². The quantitative estimate of drug-likeness (QED) is 0.557. The number of esters is 1. The molecule has 1 aromatic rings. The number of hydrogen-bond donors (Lipinski definition) is 3. The minimum Gasteiger partial charge on any atom is -0.459 e. The van der Waals surface area contributed by atoms with Gasteiger partial charge in [0.2, 0.25) is 0 Å². The van der Waals surface area contributed by atoms with E-state index in [1.807, 2.05) is 30.3 Å². The molecule has 7 heteroatoms. The molecule has 4 N–H and O–H groups in total. The largest absolute Gasteiger partial charge is 0.459 e. The number of benzene rings is 1. The first-order valence-electron chi connectivity index (χ1n) is 10.7. The number of amides is 1. The SMILES string of the molecule is CC(C)(C)OC(=O)C(N)(CC1CCCCC1)C(O)CNC(=O)OCc1ccccc1. The van der Waals surface area contributed by atoms with Gasteiger partial charge in [0.25, 0.3) is 0 Å². The Labute approximate surface area is 179 Å². The first-order chi connectivity index (χ1) is 14.1. The molecule has 0 saturated heterocycles. The van der Waals surface area contributed by atoms with E-state index < -0.39 is 29.3 Å². The van der Waals surface area contributed by atoms with Crippen molar-refractivity contribution in [3.05, 3.63) is 35.9 Å². The van der Waals surface area contributed by atoms with Gasteiger partial charge < -0.3 is 25.6 Å². The van der Waals surface area contributed by atoms with Crippen molar-refractivity contribution in [1.82, 2.24) is 5.32 Å². The zero-order chi connectivity index (χ0) is 22.2. The number of carbonyl (C=O) groups excluding carboxylic acids is 2. The van der Waals surface area contributed by atoms with E-state index in [0.29, 0.717) is 6.42 Å². The highest BCUT2D eigenvalue weighted by molar-refractivity contribution is 5.82. The standard InChI is InChI=1S/C23H36N2O5/c1-22(2,3)30-20(27)23(24,14-17-10-6-4-7-11-17)19(26)15-25-21(28)29-16-18-12-8-5-9-13-18/h5,8-9,12-13,17,19,26H,4,6-7,10-11,14-16,24H2,1-3H3,(H,25,28). The number of hydrogen-bond acceptors (Lipinski definition) is 6. The number of ether oxygens (including phenoxy) is 2. The van der Waals surface area contributed by atoms with Crippen LogP contribution in [-0.4, -0.2) is 41.0 Å². The van der Waals surface area contributed by atoms with Gasteiger partial charge in [-0.15, -0.1) is 0 Å². The van der Waals surface area contributed by atoms with Gasteiger partial charge in [-0.1, -0.05) is 62.4 Å². The molecule has 1 aliphatic carbocycles. The van der Waals surface area contributed by atoms with Crippen molar-refractivity contribution < 1.29 is 24.2 Å². The molecule has 0 spiro atoms. The average molecular weight is 421 g/mol. The molecular formula is C23H36N2O5. The van der Waals surface area contributed by atoms with E-state index in [4.69, 9.17) is 15.2 Å². The molecule has 168 valence electrons. The van der Waals surface area contributed by atoms with Gasteiger partial charge in [0.05, 0.1) is 0 Å². The molecule has 1 fully saturated rings. The third-order valence-corrected chi connectivity index (χ3v) is 5.38. The van der Waals surface area contributed by atoms with Gasteiger partial charge in [-0.05, 0) is 38.7 Å². The normalized spacial score (nSPS) is 18.2. The fourth-order valence-corrected chi connectivity index (χ4v) is 3.73. The summed E-state index contributed by atoms with van der Waals surface area (Å²) in [7, 11) is 0. The van der Waals surface area contributed by atoms with Crippen molar-refractivity contribution >= 4 is 12.1 Å². The molecule has 0 radical (unpaired) electrons. The van der Waals surface area contributed by atoms with Gasteiger partial charge in [0.15, 0.2) is 0 Å². The maximum Gasteiger partial charge on any atom is 0.407 e. The van der Waals surface area contributed by atoms with Crippen LogP contribution in [0.5, 0.6) is 0 Å². The van der Waals surface area contributed by atoms with Crippen molar-refractivity contribution in [2.45, 2.75) is 83.1 Å². The molecule has 1 saturated carbocycles. The van der Waals surface area contributed by atoms with Gasteiger partial charge in [-0.3, -0.25) is 0 Å². The highest BCUT2D eigenvalue weighted by Gasteiger charge is 2.46. The number of aliphatic hydroxyl groups excluding tert-OH is 1. The Morgan fingerprint density at radius 3 is 2.40 bits per heavy atom. The molecule has 7 nitrogen and oxygen atoms in total. The predicted molar refractivity (Wildman–Crippen MR) is 115 cm³/mol. The Hall–Kier alpha value is -2.12. The van der Waals surface area contributed by atoms with Gasteiger partial charge >= 0.3 is 12.1 Å². The van der Waals surface area contributed by atoms with E-state index >= 15 is 0 Å². The third-order valence-electron chi connectivity index (χ3n) is 5.38. The van der Waals surface area contributed by atoms with Crippen LogP contribution in [0.3, 0.4) is 0 Å². The highest BCUT2D eigenvalue weighted by Crippen LogP contribution is 2.32. The lowest BCUT2D eigenvalue weighted by Gasteiger charge is -2.38. The Bertz CT molecular complexity index is 683. The first-order valence-corrected chi connectivity index (χ1v) is 10.7. The topological polar surface area (TPSA) is 111 Å². The number of alkyl carbamates (subject to hydrolysis) is 1. The van der Waals surface area contributed by atoms with Gasteiger partial charge in [-0.25, -0.2) is 9.59 Å². The lowest BCUT2D eigenvalue weighted by Crippen LogP contribution is -2.62. The molecule has 2 atom stereocenters. The second-order valence-corrected chi connectivity index (χ2v) is 9.21. The van der Waals surface area contributed by atoms with Crippen molar-refractivity contribution in [1.29, 1.82) is 0 Å². The molecule has 2 rings (SSSR count). The van der Waals surface area contributed by atoms with Crippen LogP contribution in [0.25, 0.3) is 0 Å². The maximum absolute atomic E-state index is 12.9. The van der Waals surface area contributed by atoms with Crippen LogP contribution in [0.15, 0.2) is 30.3 Å². The zero-order valence-electron chi connectivity index (χ0n) is 18.4. The predicted octanol–water partition coefficient (Wildman–Crippen LogP) is 3.28. The molecule has 30 heavy (non-hydrogen) atoms. The first kappa shape index (κ1) is 24.2. The number of aliphatic hydroxyl groups is 1. The summed E-state index contributed by atoms with van der Waals surface area (Å²) in [5.41, 5.74) is 4.99. The number of carbonyl (C=O) groups is 2. The third kappa shape index (κ3) is 7.61. The average Bonchev–Trinajstić information content (AvgIpc) is 2.70. The lowest BCUT2D eigenvalue weighted by atomic mass is 9.77. The Kier molecular flexibility index (Phi) is 8.67. The van der Waals surface area contributed by atoms with Crippen molar-refractivity contribution in [3.8, 4) is 0 Å². The summed E-state index contributed by atoms with van der Waals surface area (Å²) in [5.74, 6) is -0.400. The monoisotopic (exact) mass is 420 g/mol. The number of nitrogens with two attached hydrogens (primary N) is 1. The Morgan fingerprint density at radius 2 is 1.80 bits per heavy atom. The second-order valence-electron chi connectivity index (χ2n) is 9.21.